The summed E-state index contributed by atoms with van der Waals surface area (Å²) in [5.74, 6) is 0. The van der Waals surface area contributed by atoms with E-state index in [-0.39, 0.29) is 0 Å². The van der Waals surface area contributed by atoms with Crippen LogP contribution in [0.5, 0.6) is 0 Å². The molecule has 2 rings (SSSR count). The summed E-state index contributed by atoms with van der Waals surface area (Å²) in [6.45, 7) is 0. The second kappa shape index (κ2) is 3.70. The van der Waals surface area contributed by atoms with Crippen molar-refractivity contribution >= 4 is 0 Å². The van der Waals surface area contributed by atoms with Crippen LogP contribution in [-0.2, 0) is 12.8 Å². The summed E-state index contributed by atoms with van der Waals surface area (Å²) in [6.07, 6.45) is 8.92. The SMILES string of the molecule is C1CCCc2nn[nH]c2CCC1. The van der Waals surface area contributed by atoms with E-state index in [2.05, 4.69) is 15.4 Å². The van der Waals surface area contributed by atoms with Crippen LogP contribution in [0, 0.1) is 0 Å². The fourth-order valence-electron chi connectivity index (χ4n) is 1.80. The minimum Gasteiger partial charge on any atom is -0.262 e. The molecule has 0 atom stereocenters. The van der Waals surface area contributed by atoms with Crippen molar-refractivity contribution in [2.24, 2.45) is 0 Å². The second-order valence-electron chi connectivity index (χ2n) is 3.50. The molecule has 0 amide bonds. The molecule has 12 heavy (non-hydrogen) atoms. The highest BCUT2D eigenvalue weighted by Crippen LogP contribution is 2.15. The van der Waals surface area contributed by atoms with Crippen molar-refractivity contribution < 1.29 is 0 Å². The van der Waals surface area contributed by atoms with Crippen LogP contribution in [0.15, 0.2) is 0 Å². The summed E-state index contributed by atoms with van der Waals surface area (Å²) in [5.41, 5.74) is 2.48. The van der Waals surface area contributed by atoms with Crippen molar-refractivity contribution in [2.75, 3.05) is 0 Å². The normalized spacial score (nSPS) is 19.0. The van der Waals surface area contributed by atoms with Crippen LogP contribution >= 0.6 is 0 Å². The van der Waals surface area contributed by atoms with Crippen molar-refractivity contribution in [1.29, 1.82) is 0 Å². The Bertz CT molecular complexity index is 219. The van der Waals surface area contributed by atoms with Crippen LogP contribution < -0.4 is 0 Å². The minimum absolute atomic E-state index is 1.12. The molecule has 0 fully saturated rings. The number of rotatable bonds is 0. The number of nitrogens with one attached hydrogen (secondary N) is 1. The van der Waals surface area contributed by atoms with E-state index in [1.807, 2.05) is 0 Å². The average molecular weight is 165 g/mol. The molecule has 1 aromatic rings. The van der Waals surface area contributed by atoms with E-state index >= 15 is 0 Å². The molecule has 1 N–H and O–H groups in total. The molecule has 0 unspecified atom stereocenters. The summed E-state index contributed by atoms with van der Waals surface area (Å²) in [6, 6.07) is 0. The van der Waals surface area contributed by atoms with E-state index in [9.17, 15) is 0 Å². The molecule has 1 aromatic heterocycles. The van der Waals surface area contributed by atoms with Crippen molar-refractivity contribution in [2.45, 2.75) is 44.9 Å². The molecule has 0 bridgehead atoms. The van der Waals surface area contributed by atoms with Crippen LogP contribution in [0.25, 0.3) is 0 Å². The fourth-order valence-corrected chi connectivity index (χ4v) is 1.80. The van der Waals surface area contributed by atoms with Gasteiger partial charge in [0.1, 0.15) is 0 Å². The number of aromatic nitrogens is 3. The lowest BCUT2D eigenvalue weighted by Crippen LogP contribution is -1.91. The van der Waals surface area contributed by atoms with Gasteiger partial charge in [0, 0.05) is 0 Å². The zero-order valence-corrected chi connectivity index (χ0v) is 7.34. The van der Waals surface area contributed by atoms with Gasteiger partial charge in [-0.3, -0.25) is 5.10 Å². The van der Waals surface area contributed by atoms with Gasteiger partial charge in [0.25, 0.3) is 0 Å². The van der Waals surface area contributed by atoms with E-state index in [4.69, 9.17) is 0 Å². The third-order valence-electron chi connectivity index (χ3n) is 2.54. The largest absolute Gasteiger partial charge is 0.262 e. The first-order chi connectivity index (χ1) is 5.97. The van der Waals surface area contributed by atoms with Crippen LogP contribution in [-0.4, -0.2) is 15.4 Å². The van der Waals surface area contributed by atoms with E-state index in [1.54, 1.807) is 0 Å². The molecule has 1 heterocycles. The maximum atomic E-state index is 4.09. The number of hydrogen-bond acceptors (Lipinski definition) is 2. The highest BCUT2D eigenvalue weighted by molar-refractivity contribution is 5.08. The Morgan fingerprint density at radius 3 is 2.58 bits per heavy atom. The zero-order valence-electron chi connectivity index (χ0n) is 7.34. The lowest BCUT2D eigenvalue weighted by molar-refractivity contribution is 0.622. The number of H-pyrrole nitrogens is 1. The van der Waals surface area contributed by atoms with Crippen molar-refractivity contribution in [3.63, 3.8) is 0 Å². The molecular formula is C9H15N3. The molecule has 3 heteroatoms. The second-order valence-corrected chi connectivity index (χ2v) is 3.50. The van der Waals surface area contributed by atoms with Gasteiger partial charge < -0.3 is 0 Å². The van der Waals surface area contributed by atoms with Crippen molar-refractivity contribution in [3.8, 4) is 0 Å². The molecular weight excluding hydrogens is 150 g/mol. The summed E-state index contributed by atoms with van der Waals surface area (Å²) in [7, 11) is 0. The highest BCUT2D eigenvalue weighted by atomic mass is 15.3. The number of fused-ring (bicyclic) bond motifs is 1. The quantitative estimate of drug-likeness (QED) is 0.637. The Morgan fingerprint density at radius 2 is 1.67 bits per heavy atom. The topological polar surface area (TPSA) is 41.6 Å². The Hall–Kier alpha value is -0.860. The van der Waals surface area contributed by atoms with Gasteiger partial charge in [0.15, 0.2) is 0 Å². The first-order valence-electron chi connectivity index (χ1n) is 4.85. The van der Waals surface area contributed by atoms with Crippen molar-refractivity contribution in [3.05, 3.63) is 11.4 Å². The fraction of sp³-hybridized carbons (Fsp3) is 0.778. The monoisotopic (exact) mass is 165 g/mol. The van der Waals surface area contributed by atoms with Crippen LogP contribution in [0.2, 0.25) is 0 Å². The molecule has 3 nitrogen and oxygen atoms in total. The highest BCUT2D eigenvalue weighted by Gasteiger charge is 2.08. The summed E-state index contributed by atoms with van der Waals surface area (Å²) in [4.78, 5) is 0. The third-order valence-corrected chi connectivity index (χ3v) is 2.54. The maximum absolute atomic E-state index is 4.09. The van der Waals surface area contributed by atoms with Gasteiger partial charge in [-0.1, -0.05) is 24.5 Å². The molecule has 66 valence electrons. The molecule has 1 aliphatic rings. The predicted octanol–water partition coefficient (Wildman–Crippen LogP) is 1.85. The summed E-state index contributed by atoms with van der Waals surface area (Å²) >= 11 is 0. The Balaban J connectivity index is 2.10. The van der Waals surface area contributed by atoms with Crippen LogP contribution in [0.3, 0.4) is 0 Å². The number of aryl methyl sites for hydroxylation is 2. The predicted molar refractivity (Wildman–Crippen MR) is 46.9 cm³/mol. The average Bonchev–Trinajstić information content (AvgIpc) is 2.50. The zero-order chi connectivity index (χ0) is 8.23. The lowest BCUT2D eigenvalue weighted by Gasteiger charge is -1.95. The molecule has 0 saturated carbocycles. The van der Waals surface area contributed by atoms with Gasteiger partial charge in [-0.2, -0.15) is 0 Å². The lowest BCUT2D eigenvalue weighted by atomic mass is 10.1. The van der Waals surface area contributed by atoms with Crippen molar-refractivity contribution in [1.82, 2.24) is 15.4 Å². The Morgan fingerprint density at radius 1 is 0.917 bits per heavy atom. The smallest absolute Gasteiger partial charge is 0.0856 e. The van der Waals surface area contributed by atoms with Crippen LogP contribution in [0.4, 0.5) is 0 Å². The molecule has 1 aliphatic carbocycles. The van der Waals surface area contributed by atoms with E-state index < -0.39 is 0 Å². The number of hydrogen-bond donors (Lipinski definition) is 1. The maximum Gasteiger partial charge on any atom is 0.0856 e. The number of aromatic amines is 1. The van der Waals surface area contributed by atoms with E-state index in [0.29, 0.717) is 0 Å². The summed E-state index contributed by atoms with van der Waals surface area (Å²) in [5, 5.41) is 10.9. The van der Waals surface area contributed by atoms with E-state index in [1.165, 1.54) is 43.5 Å². The first kappa shape index (κ1) is 7.77. The van der Waals surface area contributed by atoms with Crippen LogP contribution in [0.1, 0.15) is 43.5 Å². The molecule has 0 aliphatic heterocycles. The third kappa shape index (κ3) is 1.65. The van der Waals surface area contributed by atoms with Gasteiger partial charge in [0.05, 0.1) is 11.4 Å². The molecule has 0 aromatic carbocycles. The minimum atomic E-state index is 1.12. The van der Waals surface area contributed by atoms with E-state index in [0.717, 1.165) is 12.8 Å². The molecule has 0 saturated heterocycles. The summed E-state index contributed by atoms with van der Waals surface area (Å²) < 4.78 is 0. The number of nitrogens with zero attached hydrogens (tertiary/aromatic N) is 2. The van der Waals surface area contributed by atoms with Gasteiger partial charge >= 0.3 is 0 Å². The Labute approximate surface area is 72.6 Å². The molecule has 0 radical (unpaired) electrons. The van der Waals surface area contributed by atoms with Gasteiger partial charge in [-0.25, -0.2) is 0 Å². The van der Waals surface area contributed by atoms with Gasteiger partial charge in [-0.15, -0.1) is 5.10 Å². The van der Waals surface area contributed by atoms with Gasteiger partial charge in [0.2, 0.25) is 0 Å². The van der Waals surface area contributed by atoms with Gasteiger partial charge in [-0.05, 0) is 25.7 Å². The first-order valence-corrected chi connectivity index (χ1v) is 4.85. The molecule has 0 spiro atoms. The Kier molecular flexibility index (Phi) is 2.39. The standard InChI is InChI=1S/C9H15N3/c1-2-4-6-8-9(7-5-3-1)11-12-10-8/h1-7H2,(H,10,11,12).